The van der Waals surface area contributed by atoms with Crippen LogP contribution in [-0.2, 0) is 4.79 Å². The van der Waals surface area contributed by atoms with Gasteiger partial charge in [-0.2, -0.15) is 13.2 Å². The van der Waals surface area contributed by atoms with Crippen molar-refractivity contribution in [1.29, 1.82) is 0 Å². The first-order chi connectivity index (χ1) is 8.55. The van der Waals surface area contributed by atoms with Crippen LogP contribution in [-0.4, -0.2) is 42.2 Å². The summed E-state index contributed by atoms with van der Waals surface area (Å²) in [6, 6.07) is 0. The molecule has 0 aromatic rings. The monoisotopic (exact) mass is 282 g/mol. The van der Waals surface area contributed by atoms with Crippen LogP contribution in [0.2, 0.25) is 0 Å². The van der Waals surface area contributed by atoms with E-state index in [0.717, 1.165) is 11.3 Å². The van der Waals surface area contributed by atoms with E-state index in [1.807, 2.05) is 27.7 Å². The van der Waals surface area contributed by atoms with Crippen molar-refractivity contribution in [3.8, 4) is 0 Å². The molecule has 1 N–H and O–H groups in total. The van der Waals surface area contributed by atoms with E-state index in [0.29, 0.717) is 13.0 Å². The van der Waals surface area contributed by atoms with Crippen LogP contribution in [0.3, 0.4) is 0 Å². The zero-order valence-electron chi connectivity index (χ0n) is 12.2. The van der Waals surface area contributed by atoms with Crippen molar-refractivity contribution in [3.05, 3.63) is 0 Å². The molecule has 3 nitrogen and oxygen atoms in total. The van der Waals surface area contributed by atoms with E-state index in [9.17, 15) is 18.0 Å². The summed E-state index contributed by atoms with van der Waals surface area (Å²) < 4.78 is 37.2. The molecule has 19 heavy (non-hydrogen) atoms. The number of unbranched alkanes of at least 4 members (excludes halogenated alkanes) is 1. The summed E-state index contributed by atoms with van der Waals surface area (Å²) in [5.41, 5.74) is -0.140. The number of rotatable bonds is 7. The fraction of sp³-hybridized carbons (Fsp3) is 0.923. The number of nitrogens with zero attached hydrogens (tertiary/aromatic N) is 1. The molecule has 0 heterocycles. The normalized spacial score (nSPS) is 12.6. The number of carbonyl (C=O) groups excluding carboxylic acids is 1. The lowest BCUT2D eigenvalue weighted by Crippen LogP contribution is -2.42. The Balaban J connectivity index is 4.30. The Kier molecular flexibility index (Phi) is 7.41. The Morgan fingerprint density at radius 2 is 1.79 bits per heavy atom. The average Bonchev–Trinajstić information content (AvgIpc) is 2.20. The number of hydrogen-bond acceptors (Lipinski definition) is 2. The molecule has 0 spiro atoms. The number of hydrogen-bond donors (Lipinski definition) is 1. The van der Waals surface area contributed by atoms with Gasteiger partial charge in [0.15, 0.2) is 0 Å². The topological polar surface area (TPSA) is 32.3 Å². The maximum atomic E-state index is 12.4. The summed E-state index contributed by atoms with van der Waals surface area (Å²) in [4.78, 5) is 12.7. The fourth-order valence-electron chi connectivity index (χ4n) is 1.56. The number of alkyl halides is 3. The van der Waals surface area contributed by atoms with Crippen molar-refractivity contribution < 1.29 is 18.0 Å². The summed E-state index contributed by atoms with van der Waals surface area (Å²) in [6.07, 6.45) is -2.88. The third-order valence-corrected chi connectivity index (χ3v) is 2.50. The van der Waals surface area contributed by atoms with Crippen molar-refractivity contribution in [2.75, 3.05) is 19.6 Å². The number of carbonyl (C=O) groups is 1. The van der Waals surface area contributed by atoms with E-state index in [-0.39, 0.29) is 18.5 Å². The third-order valence-electron chi connectivity index (χ3n) is 2.50. The highest BCUT2D eigenvalue weighted by molar-refractivity contribution is 5.76. The van der Waals surface area contributed by atoms with Gasteiger partial charge in [-0.3, -0.25) is 4.79 Å². The van der Waals surface area contributed by atoms with Gasteiger partial charge in [-0.1, -0.05) is 13.3 Å². The highest BCUT2D eigenvalue weighted by Crippen LogP contribution is 2.17. The first kappa shape index (κ1) is 18.2. The minimum absolute atomic E-state index is 0.0943. The standard InChI is InChI=1S/C13H25F3N2O/c1-5-6-9-18(10-13(14,15)16)11(19)7-8-17-12(2,3)4/h17H,5-10H2,1-4H3. The molecule has 0 aliphatic carbocycles. The molecule has 1 amide bonds. The van der Waals surface area contributed by atoms with Gasteiger partial charge in [0, 0.05) is 25.0 Å². The second kappa shape index (κ2) is 7.72. The van der Waals surface area contributed by atoms with Crippen LogP contribution in [0.4, 0.5) is 13.2 Å². The van der Waals surface area contributed by atoms with Crippen molar-refractivity contribution >= 4 is 5.91 Å². The second-order valence-corrected chi connectivity index (χ2v) is 5.71. The molecule has 6 heteroatoms. The Morgan fingerprint density at radius 1 is 1.21 bits per heavy atom. The molecule has 0 bridgehead atoms. The molecule has 0 saturated heterocycles. The SMILES string of the molecule is CCCCN(CC(F)(F)F)C(=O)CCNC(C)(C)C. The van der Waals surface area contributed by atoms with Crippen molar-refractivity contribution in [3.63, 3.8) is 0 Å². The third kappa shape index (κ3) is 10.8. The first-order valence-corrected chi connectivity index (χ1v) is 6.64. The lowest BCUT2D eigenvalue weighted by molar-refractivity contribution is -0.161. The van der Waals surface area contributed by atoms with Gasteiger partial charge in [0.05, 0.1) is 0 Å². The van der Waals surface area contributed by atoms with Crippen LogP contribution in [0, 0.1) is 0 Å². The molecule has 0 unspecified atom stereocenters. The highest BCUT2D eigenvalue weighted by atomic mass is 19.4. The van der Waals surface area contributed by atoms with E-state index in [4.69, 9.17) is 0 Å². The van der Waals surface area contributed by atoms with E-state index in [2.05, 4.69) is 5.32 Å². The van der Waals surface area contributed by atoms with Gasteiger partial charge in [-0.15, -0.1) is 0 Å². The lowest BCUT2D eigenvalue weighted by Gasteiger charge is -2.25. The smallest absolute Gasteiger partial charge is 0.334 e. The molecule has 0 atom stereocenters. The van der Waals surface area contributed by atoms with Gasteiger partial charge in [-0.25, -0.2) is 0 Å². The zero-order valence-corrected chi connectivity index (χ0v) is 12.2. The minimum Gasteiger partial charge on any atom is -0.334 e. The van der Waals surface area contributed by atoms with Gasteiger partial charge >= 0.3 is 6.18 Å². The quantitative estimate of drug-likeness (QED) is 0.778. The maximum absolute atomic E-state index is 12.4. The van der Waals surface area contributed by atoms with Crippen molar-refractivity contribution in [2.24, 2.45) is 0 Å². The molecule has 0 radical (unpaired) electrons. The predicted octanol–water partition coefficient (Wildman–Crippen LogP) is 2.96. The van der Waals surface area contributed by atoms with Gasteiger partial charge < -0.3 is 10.2 Å². The van der Waals surface area contributed by atoms with Crippen LogP contribution in [0.25, 0.3) is 0 Å². The van der Waals surface area contributed by atoms with Gasteiger partial charge in [0.25, 0.3) is 0 Å². The molecule has 0 aromatic heterocycles. The van der Waals surface area contributed by atoms with Crippen LogP contribution < -0.4 is 5.32 Å². The van der Waals surface area contributed by atoms with Crippen LogP contribution in [0.1, 0.15) is 47.0 Å². The Morgan fingerprint density at radius 3 is 2.21 bits per heavy atom. The van der Waals surface area contributed by atoms with Crippen LogP contribution >= 0.6 is 0 Å². The number of halogens is 3. The molecule has 0 saturated carbocycles. The lowest BCUT2D eigenvalue weighted by atomic mass is 10.1. The van der Waals surface area contributed by atoms with Gasteiger partial charge in [0.1, 0.15) is 6.54 Å². The van der Waals surface area contributed by atoms with Crippen molar-refractivity contribution in [1.82, 2.24) is 10.2 Å². The van der Waals surface area contributed by atoms with E-state index < -0.39 is 18.6 Å². The zero-order chi connectivity index (χ0) is 15.1. The van der Waals surface area contributed by atoms with Crippen molar-refractivity contribution in [2.45, 2.75) is 58.7 Å². The van der Waals surface area contributed by atoms with E-state index in [1.165, 1.54) is 0 Å². The largest absolute Gasteiger partial charge is 0.406 e. The Labute approximate surface area is 113 Å². The highest BCUT2D eigenvalue weighted by Gasteiger charge is 2.32. The molecule has 0 aliphatic rings. The van der Waals surface area contributed by atoms with Crippen LogP contribution in [0.5, 0.6) is 0 Å². The molecule has 0 aliphatic heterocycles. The molecular weight excluding hydrogens is 257 g/mol. The fourth-order valence-corrected chi connectivity index (χ4v) is 1.56. The number of amides is 1. The van der Waals surface area contributed by atoms with E-state index >= 15 is 0 Å². The summed E-state index contributed by atoms with van der Waals surface area (Å²) in [5.74, 6) is -0.442. The van der Waals surface area contributed by atoms with E-state index in [1.54, 1.807) is 0 Å². The first-order valence-electron chi connectivity index (χ1n) is 6.64. The molecule has 0 rings (SSSR count). The molecule has 114 valence electrons. The molecule has 0 fully saturated rings. The maximum Gasteiger partial charge on any atom is 0.406 e. The summed E-state index contributed by atoms with van der Waals surface area (Å²) >= 11 is 0. The molecule has 0 aromatic carbocycles. The van der Waals surface area contributed by atoms with Crippen LogP contribution in [0.15, 0.2) is 0 Å². The Bertz CT molecular complexity index is 272. The summed E-state index contributed by atoms with van der Waals surface area (Å²) in [6.45, 7) is 7.14. The Hall–Kier alpha value is -0.780. The summed E-state index contributed by atoms with van der Waals surface area (Å²) in [5, 5.41) is 3.10. The minimum atomic E-state index is -4.33. The predicted molar refractivity (Wildman–Crippen MR) is 69.9 cm³/mol. The molecular formula is C13H25F3N2O. The van der Waals surface area contributed by atoms with Gasteiger partial charge in [0.2, 0.25) is 5.91 Å². The average molecular weight is 282 g/mol. The second-order valence-electron chi connectivity index (χ2n) is 5.71. The number of nitrogens with one attached hydrogen (secondary N) is 1. The van der Waals surface area contributed by atoms with Gasteiger partial charge in [-0.05, 0) is 27.2 Å². The summed E-state index contributed by atoms with van der Waals surface area (Å²) in [7, 11) is 0.